The van der Waals surface area contributed by atoms with Gasteiger partial charge in [0.2, 0.25) is 0 Å². The maximum atomic E-state index is 12.3. The van der Waals surface area contributed by atoms with E-state index in [1.807, 2.05) is 31.2 Å². The lowest BCUT2D eigenvalue weighted by Crippen LogP contribution is -2.38. The van der Waals surface area contributed by atoms with Crippen LogP contribution in [0.15, 0.2) is 24.3 Å². The first-order chi connectivity index (χ1) is 8.74. The van der Waals surface area contributed by atoms with E-state index in [1.165, 1.54) is 0 Å². The van der Waals surface area contributed by atoms with E-state index in [0.717, 1.165) is 24.3 Å². The number of hydrogen-bond donors (Lipinski definition) is 1. The summed E-state index contributed by atoms with van der Waals surface area (Å²) in [5.74, 6) is 0.0274. The summed E-state index contributed by atoms with van der Waals surface area (Å²) in [6.07, 6.45) is 0.663. The van der Waals surface area contributed by atoms with Crippen molar-refractivity contribution in [3.05, 3.63) is 29.8 Å². The van der Waals surface area contributed by atoms with E-state index < -0.39 is 6.04 Å². The van der Waals surface area contributed by atoms with Crippen LogP contribution in [0.2, 0.25) is 0 Å². The average Bonchev–Trinajstić information content (AvgIpc) is 2.46. The Hall–Kier alpha value is -1.39. The van der Waals surface area contributed by atoms with Crippen LogP contribution in [0.5, 0.6) is 0 Å². The molecule has 0 radical (unpaired) electrons. The lowest BCUT2D eigenvalue weighted by Gasteiger charge is -2.30. The van der Waals surface area contributed by atoms with Crippen molar-refractivity contribution in [2.45, 2.75) is 19.4 Å². The summed E-state index contributed by atoms with van der Waals surface area (Å²) in [6, 6.07) is 7.29. The zero-order chi connectivity index (χ0) is 13.0. The normalized spacial score (nSPS) is 17.6. The van der Waals surface area contributed by atoms with Crippen molar-refractivity contribution in [3.63, 3.8) is 0 Å². The van der Waals surface area contributed by atoms with Crippen molar-refractivity contribution in [2.75, 3.05) is 31.2 Å². The first-order valence-corrected chi connectivity index (χ1v) is 6.45. The summed E-state index contributed by atoms with van der Waals surface area (Å²) in [4.78, 5) is 14.4. The minimum absolute atomic E-state index is 0.0274. The molecule has 98 valence electrons. The van der Waals surface area contributed by atoms with Gasteiger partial charge in [-0.25, -0.2) is 0 Å². The lowest BCUT2D eigenvalue weighted by molar-refractivity contribution is 0.0958. The fourth-order valence-corrected chi connectivity index (χ4v) is 2.15. The number of ketones is 1. The molecular formula is C14H20N2O2. The summed E-state index contributed by atoms with van der Waals surface area (Å²) in [7, 11) is 0. The van der Waals surface area contributed by atoms with Crippen molar-refractivity contribution in [1.82, 2.24) is 0 Å². The van der Waals surface area contributed by atoms with Gasteiger partial charge in [-0.1, -0.05) is 19.1 Å². The van der Waals surface area contributed by atoms with Crippen LogP contribution in [0.25, 0.3) is 0 Å². The molecule has 1 aromatic carbocycles. The highest BCUT2D eigenvalue weighted by Crippen LogP contribution is 2.22. The molecule has 1 unspecified atom stereocenters. The molecule has 1 fully saturated rings. The predicted octanol–water partition coefficient (Wildman–Crippen LogP) is 1.44. The third kappa shape index (κ3) is 2.71. The molecule has 2 rings (SSSR count). The third-order valence-corrected chi connectivity index (χ3v) is 3.30. The molecule has 1 heterocycles. The lowest BCUT2D eigenvalue weighted by atomic mass is 10.0. The Kier molecular flexibility index (Phi) is 4.33. The second-order valence-corrected chi connectivity index (χ2v) is 4.50. The second kappa shape index (κ2) is 5.98. The van der Waals surface area contributed by atoms with Gasteiger partial charge in [0.1, 0.15) is 0 Å². The molecule has 1 aliphatic rings. The van der Waals surface area contributed by atoms with Crippen LogP contribution in [0.1, 0.15) is 23.7 Å². The summed E-state index contributed by atoms with van der Waals surface area (Å²) < 4.78 is 5.34. The van der Waals surface area contributed by atoms with Crippen molar-refractivity contribution >= 4 is 11.5 Å². The number of carbonyl (C=O) groups is 1. The van der Waals surface area contributed by atoms with Crippen LogP contribution in [0, 0.1) is 0 Å². The van der Waals surface area contributed by atoms with Gasteiger partial charge in [-0.2, -0.15) is 0 Å². The standard InChI is InChI=1S/C14H20N2O2/c1-2-12(15)14(17)11-5-3-4-6-13(11)16-7-9-18-10-8-16/h3-6,12H,2,7-10,15H2,1H3. The van der Waals surface area contributed by atoms with Crippen LogP contribution in [0.4, 0.5) is 5.69 Å². The Morgan fingerprint density at radius 3 is 2.72 bits per heavy atom. The Labute approximate surface area is 108 Å². The number of carbonyl (C=O) groups excluding carboxylic acids is 1. The van der Waals surface area contributed by atoms with Crippen molar-refractivity contribution in [1.29, 1.82) is 0 Å². The van der Waals surface area contributed by atoms with E-state index in [2.05, 4.69) is 4.90 Å². The summed E-state index contributed by atoms with van der Waals surface area (Å²) in [6.45, 7) is 5.00. The number of anilines is 1. The highest BCUT2D eigenvalue weighted by Gasteiger charge is 2.21. The first kappa shape index (κ1) is 13.1. The van der Waals surface area contributed by atoms with Gasteiger partial charge >= 0.3 is 0 Å². The number of nitrogens with zero attached hydrogens (tertiary/aromatic N) is 1. The zero-order valence-electron chi connectivity index (χ0n) is 10.8. The Bertz CT molecular complexity index is 414. The smallest absolute Gasteiger partial charge is 0.181 e. The van der Waals surface area contributed by atoms with Crippen LogP contribution in [0.3, 0.4) is 0 Å². The maximum absolute atomic E-state index is 12.3. The maximum Gasteiger partial charge on any atom is 0.181 e. The number of nitrogens with two attached hydrogens (primary N) is 1. The Morgan fingerprint density at radius 1 is 1.39 bits per heavy atom. The fourth-order valence-electron chi connectivity index (χ4n) is 2.15. The third-order valence-electron chi connectivity index (χ3n) is 3.30. The topological polar surface area (TPSA) is 55.6 Å². The quantitative estimate of drug-likeness (QED) is 0.819. The molecule has 1 aromatic rings. The van der Waals surface area contributed by atoms with Crippen LogP contribution >= 0.6 is 0 Å². The van der Waals surface area contributed by atoms with E-state index in [-0.39, 0.29) is 5.78 Å². The van der Waals surface area contributed by atoms with Gasteiger partial charge in [0.25, 0.3) is 0 Å². The first-order valence-electron chi connectivity index (χ1n) is 6.45. The summed E-state index contributed by atoms with van der Waals surface area (Å²) in [5.41, 5.74) is 7.57. The number of para-hydroxylation sites is 1. The van der Waals surface area contributed by atoms with Gasteiger partial charge in [-0.05, 0) is 18.6 Å². The number of ether oxygens (including phenoxy) is 1. The van der Waals surface area contributed by atoms with Crippen LogP contribution < -0.4 is 10.6 Å². The molecule has 0 aromatic heterocycles. The van der Waals surface area contributed by atoms with Gasteiger partial charge in [0.15, 0.2) is 5.78 Å². The largest absolute Gasteiger partial charge is 0.378 e. The molecule has 1 saturated heterocycles. The highest BCUT2D eigenvalue weighted by molar-refractivity contribution is 6.04. The fraction of sp³-hybridized carbons (Fsp3) is 0.500. The summed E-state index contributed by atoms with van der Waals surface area (Å²) in [5, 5.41) is 0. The number of Topliss-reactive ketones (excluding diaryl/α,β-unsaturated/α-hetero) is 1. The van der Waals surface area contributed by atoms with Crippen molar-refractivity contribution in [3.8, 4) is 0 Å². The molecule has 4 nitrogen and oxygen atoms in total. The Morgan fingerprint density at radius 2 is 2.06 bits per heavy atom. The van der Waals surface area contributed by atoms with Gasteiger partial charge in [0.05, 0.1) is 19.3 Å². The average molecular weight is 248 g/mol. The number of rotatable bonds is 4. The van der Waals surface area contributed by atoms with Crippen LogP contribution in [-0.2, 0) is 4.74 Å². The van der Waals surface area contributed by atoms with Crippen LogP contribution in [-0.4, -0.2) is 38.1 Å². The second-order valence-electron chi connectivity index (χ2n) is 4.50. The number of hydrogen-bond acceptors (Lipinski definition) is 4. The molecule has 1 aliphatic heterocycles. The molecule has 2 N–H and O–H groups in total. The molecular weight excluding hydrogens is 228 g/mol. The molecule has 18 heavy (non-hydrogen) atoms. The monoisotopic (exact) mass is 248 g/mol. The van der Waals surface area contributed by atoms with Gasteiger partial charge < -0.3 is 15.4 Å². The Balaban J connectivity index is 2.27. The minimum atomic E-state index is -0.410. The minimum Gasteiger partial charge on any atom is -0.378 e. The highest BCUT2D eigenvalue weighted by atomic mass is 16.5. The zero-order valence-corrected chi connectivity index (χ0v) is 10.8. The van der Waals surface area contributed by atoms with Gasteiger partial charge in [-0.3, -0.25) is 4.79 Å². The van der Waals surface area contributed by atoms with Gasteiger partial charge in [-0.15, -0.1) is 0 Å². The van der Waals surface area contributed by atoms with E-state index in [9.17, 15) is 4.79 Å². The SMILES string of the molecule is CCC(N)C(=O)c1ccccc1N1CCOCC1. The number of benzene rings is 1. The molecule has 0 saturated carbocycles. The van der Waals surface area contributed by atoms with E-state index >= 15 is 0 Å². The molecule has 0 aliphatic carbocycles. The predicted molar refractivity (Wildman–Crippen MR) is 72.1 cm³/mol. The number of morpholine rings is 1. The molecule has 1 atom stereocenters. The van der Waals surface area contributed by atoms with E-state index in [4.69, 9.17) is 10.5 Å². The van der Waals surface area contributed by atoms with E-state index in [1.54, 1.807) is 0 Å². The van der Waals surface area contributed by atoms with Crippen molar-refractivity contribution in [2.24, 2.45) is 5.73 Å². The molecule has 0 spiro atoms. The summed E-state index contributed by atoms with van der Waals surface area (Å²) >= 11 is 0. The van der Waals surface area contributed by atoms with E-state index in [0.29, 0.717) is 19.6 Å². The molecule has 4 heteroatoms. The van der Waals surface area contributed by atoms with Gasteiger partial charge in [0, 0.05) is 24.3 Å². The van der Waals surface area contributed by atoms with Crippen molar-refractivity contribution < 1.29 is 9.53 Å². The molecule has 0 bridgehead atoms. The molecule has 0 amide bonds.